The van der Waals surface area contributed by atoms with Crippen molar-refractivity contribution in [1.82, 2.24) is 0 Å². The molecule has 7 nitrogen and oxygen atoms in total. The SMILES string of the molecule is CCCC(CCC)(COP(=O)(O)O)[Si](OCC)(OCC)OCC. The fourth-order valence-electron chi connectivity index (χ4n) is 2.98. The van der Waals surface area contributed by atoms with Crippen molar-refractivity contribution in [3.63, 3.8) is 0 Å². The van der Waals surface area contributed by atoms with Crippen LogP contribution in [0.5, 0.6) is 0 Å². The summed E-state index contributed by atoms with van der Waals surface area (Å²) >= 11 is 0. The lowest BCUT2D eigenvalue weighted by Crippen LogP contribution is -2.58. The van der Waals surface area contributed by atoms with Gasteiger partial charge in [-0.2, -0.15) is 0 Å². The fourth-order valence-corrected chi connectivity index (χ4v) is 7.19. The van der Waals surface area contributed by atoms with Crippen LogP contribution < -0.4 is 0 Å². The smallest absolute Gasteiger partial charge is 0.373 e. The molecule has 0 aromatic rings. The van der Waals surface area contributed by atoms with E-state index in [0.29, 0.717) is 32.7 Å². The molecule has 0 bridgehead atoms. The first-order valence-corrected chi connectivity index (χ1v) is 11.6. The van der Waals surface area contributed by atoms with Gasteiger partial charge in [0.25, 0.3) is 0 Å². The number of rotatable bonds is 14. The Morgan fingerprint density at radius 2 is 1.26 bits per heavy atom. The first kappa shape index (κ1) is 23.2. The van der Waals surface area contributed by atoms with Crippen LogP contribution in [0.25, 0.3) is 0 Å². The van der Waals surface area contributed by atoms with Gasteiger partial charge in [-0.1, -0.05) is 26.7 Å². The predicted molar refractivity (Wildman–Crippen MR) is 91.1 cm³/mol. The number of hydrogen-bond acceptors (Lipinski definition) is 5. The lowest BCUT2D eigenvalue weighted by atomic mass is 9.98. The standard InChI is InChI=1S/C14H33O7PSi/c1-6-11-14(12-7-2,13-18-22(15,16)17)23(19-8-3,20-9-4)21-10-5/h6-13H2,1-5H3,(H2,15,16,17). The van der Waals surface area contributed by atoms with Crippen molar-refractivity contribution in [2.45, 2.75) is 65.3 Å². The molecule has 9 heteroatoms. The van der Waals surface area contributed by atoms with E-state index in [9.17, 15) is 4.57 Å². The van der Waals surface area contributed by atoms with Gasteiger partial charge >= 0.3 is 16.6 Å². The molecule has 0 aromatic carbocycles. The van der Waals surface area contributed by atoms with Crippen LogP contribution in [0.1, 0.15) is 60.3 Å². The van der Waals surface area contributed by atoms with Crippen LogP contribution in [0.2, 0.25) is 5.04 Å². The number of phosphoric ester groups is 1. The monoisotopic (exact) mass is 372 g/mol. The van der Waals surface area contributed by atoms with Crippen LogP contribution in [0, 0.1) is 0 Å². The Balaban J connectivity index is 5.87. The zero-order valence-corrected chi connectivity index (χ0v) is 16.9. The number of phosphoric acid groups is 1. The van der Waals surface area contributed by atoms with E-state index in [4.69, 9.17) is 27.6 Å². The van der Waals surface area contributed by atoms with E-state index >= 15 is 0 Å². The first-order valence-electron chi connectivity index (χ1n) is 8.38. The van der Waals surface area contributed by atoms with Crippen molar-refractivity contribution < 1.29 is 32.2 Å². The van der Waals surface area contributed by atoms with Crippen molar-refractivity contribution in [1.29, 1.82) is 0 Å². The van der Waals surface area contributed by atoms with Gasteiger partial charge in [0, 0.05) is 19.8 Å². The van der Waals surface area contributed by atoms with Gasteiger partial charge in [-0.25, -0.2) is 4.57 Å². The highest BCUT2D eigenvalue weighted by Crippen LogP contribution is 2.52. The molecule has 0 heterocycles. The van der Waals surface area contributed by atoms with Crippen molar-refractivity contribution in [3.8, 4) is 0 Å². The molecular formula is C14H33O7PSi. The van der Waals surface area contributed by atoms with E-state index in [2.05, 4.69) is 0 Å². The van der Waals surface area contributed by atoms with Crippen molar-refractivity contribution >= 4 is 16.6 Å². The van der Waals surface area contributed by atoms with Crippen LogP contribution in [-0.4, -0.2) is 45.0 Å². The summed E-state index contributed by atoms with van der Waals surface area (Å²) in [6, 6.07) is 0. The average molecular weight is 372 g/mol. The molecule has 23 heavy (non-hydrogen) atoms. The molecule has 0 aliphatic carbocycles. The number of hydrogen-bond donors (Lipinski definition) is 2. The lowest BCUT2D eigenvalue weighted by Gasteiger charge is -2.45. The van der Waals surface area contributed by atoms with Crippen molar-refractivity contribution in [2.24, 2.45) is 0 Å². The highest BCUT2D eigenvalue weighted by Gasteiger charge is 2.60. The van der Waals surface area contributed by atoms with Crippen molar-refractivity contribution in [3.05, 3.63) is 0 Å². The quantitative estimate of drug-likeness (QED) is 0.356. The second-order valence-corrected chi connectivity index (χ2v) is 9.68. The second kappa shape index (κ2) is 10.9. The van der Waals surface area contributed by atoms with Crippen LogP contribution in [0.15, 0.2) is 0 Å². The van der Waals surface area contributed by atoms with Gasteiger partial charge in [0.1, 0.15) is 0 Å². The Hall–Kier alpha value is 0.207. The average Bonchev–Trinajstić information content (AvgIpc) is 2.45. The zero-order chi connectivity index (χ0) is 18.0. The Morgan fingerprint density at radius 1 is 0.870 bits per heavy atom. The molecule has 0 aromatic heterocycles. The van der Waals surface area contributed by atoms with Gasteiger partial charge in [0.05, 0.1) is 11.6 Å². The predicted octanol–water partition coefficient (Wildman–Crippen LogP) is 3.48. The molecule has 0 saturated heterocycles. The molecule has 0 radical (unpaired) electrons. The molecule has 2 N–H and O–H groups in total. The van der Waals surface area contributed by atoms with E-state index in [1.807, 2.05) is 34.6 Å². The van der Waals surface area contributed by atoms with E-state index in [-0.39, 0.29) is 6.61 Å². The topological polar surface area (TPSA) is 94.5 Å². The highest BCUT2D eigenvalue weighted by atomic mass is 31.2. The summed E-state index contributed by atoms with van der Waals surface area (Å²) in [7, 11) is -7.77. The van der Waals surface area contributed by atoms with Gasteiger partial charge < -0.3 is 23.1 Å². The Kier molecular flexibility index (Phi) is 11.0. The van der Waals surface area contributed by atoms with Crippen LogP contribution in [0.4, 0.5) is 0 Å². The van der Waals surface area contributed by atoms with Gasteiger partial charge in [-0.3, -0.25) is 4.52 Å². The molecule has 0 spiro atoms. The maximum absolute atomic E-state index is 11.3. The van der Waals surface area contributed by atoms with E-state index < -0.39 is 21.7 Å². The largest absolute Gasteiger partial charge is 0.509 e. The summed E-state index contributed by atoms with van der Waals surface area (Å²) in [5.74, 6) is 0. The molecule has 0 unspecified atom stereocenters. The van der Waals surface area contributed by atoms with Gasteiger partial charge in [-0.05, 0) is 33.6 Å². The minimum absolute atomic E-state index is 0.134. The van der Waals surface area contributed by atoms with Gasteiger partial charge in [0.2, 0.25) is 0 Å². The molecule has 0 saturated carbocycles. The minimum Gasteiger partial charge on any atom is -0.373 e. The normalized spacial score (nSPS) is 13.5. The lowest BCUT2D eigenvalue weighted by molar-refractivity contribution is 0.0226. The molecular weight excluding hydrogens is 339 g/mol. The summed E-state index contributed by atoms with van der Waals surface area (Å²) in [6.07, 6.45) is 2.94. The molecule has 140 valence electrons. The van der Waals surface area contributed by atoms with E-state index in [1.54, 1.807) is 0 Å². The van der Waals surface area contributed by atoms with Crippen LogP contribution in [0.3, 0.4) is 0 Å². The summed E-state index contributed by atoms with van der Waals surface area (Å²) in [6.45, 7) is 10.7. The third-order valence-corrected chi connectivity index (χ3v) is 8.03. The zero-order valence-electron chi connectivity index (χ0n) is 15.0. The van der Waals surface area contributed by atoms with Gasteiger partial charge in [-0.15, -0.1) is 0 Å². The minimum atomic E-state index is -4.58. The first-order chi connectivity index (χ1) is 10.8. The maximum atomic E-state index is 11.3. The van der Waals surface area contributed by atoms with E-state index in [1.165, 1.54) is 0 Å². The maximum Gasteiger partial charge on any atom is 0.509 e. The summed E-state index contributed by atoms with van der Waals surface area (Å²) in [5.41, 5.74) is 0. The summed E-state index contributed by atoms with van der Waals surface area (Å²) in [5, 5.41) is -0.667. The summed E-state index contributed by atoms with van der Waals surface area (Å²) in [4.78, 5) is 18.3. The van der Waals surface area contributed by atoms with Crippen LogP contribution >= 0.6 is 7.82 Å². The van der Waals surface area contributed by atoms with Crippen LogP contribution in [-0.2, 0) is 22.4 Å². The summed E-state index contributed by atoms with van der Waals surface area (Å²) < 4.78 is 34.2. The third-order valence-electron chi connectivity index (χ3n) is 3.62. The molecule has 0 amide bonds. The Bertz CT molecular complexity index is 338. The van der Waals surface area contributed by atoms with E-state index in [0.717, 1.165) is 12.8 Å². The molecule has 0 aliphatic heterocycles. The highest BCUT2D eigenvalue weighted by molar-refractivity contribution is 7.46. The second-order valence-electron chi connectivity index (χ2n) is 5.40. The molecule has 0 fully saturated rings. The Labute approximate surface area is 141 Å². The molecule has 0 atom stereocenters. The Morgan fingerprint density at radius 3 is 1.52 bits per heavy atom. The molecule has 0 rings (SSSR count). The van der Waals surface area contributed by atoms with Crippen molar-refractivity contribution in [2.75, 3.05) is 26.4 Å². The fraction of sp³-hybridized carbons (Fsp3) is 1.00. The van der Waals surface area contributed by atoms with Gasteiger partial charge in [0.15, 0.2) is 0 Å². The molecule has 0 aliphatic rings. The third kappa shape index (κ3) is 6.92.